The Kier molecular flexibility index (Phi) is 4.94. The van der Waals surface area contributed by atoms with Crippen molar-refractivity contribution < 1.29 is 4.74 Å². The summed E-state index contributed by atoms with van der Waals surface area (Å²) >= 11 is 5.89. The van der Waals surface area contributed by atoms with E-state index < -0.39 is 0 Å². The van der Waals surface area contributed by atoms with Gasteiger partial charge in [0.25, 0.3) is 0 Å². The first-order chi connectivity index (χ1) is 13.3. The van der Waals surface area contributed by atoms with E-state index in [2.05, 4.69) is 10.3 Å². The Morgan fingerprint density at radius 1 is 1.11 bits per heavy atom. The number of hydrogen-bond acceptors (Lipinski definition) is 4. The van der Waals surface area contributed by atoms with E-state index in [-0.39, 0.29) is 0 Å². The molecule has 5 nitrogen and oxygen atoms in total. The molecular formula is C21H19ClN4O. The summed E-state index contributed by atoms with van der Waals surface area (Å²) in [4.78, 5) is 9.23. The molecule has 136 valence electrons. The highest BCUT2D eigenvalue weighted by molar-refractivity contribution is 6.17. The van der Waals surface area contributed by atoms with Crippen LogP contribution in [0.1, 0.15) is 11.1 Å². The number of imidazole rings is 1. The van der Waals surface area contributed by atoms with E-state index in [1.165, 1.54) is 0 Å². The molecule has 2 heterocycles. The number of alkyl halides is 1. The second-order valence-electron chi connectivity index (χ2n) is 6.13. The van der Waals surface area contributed by atoms with Crippen LogP contribution in [0.4, 0.5) is 5.82 Å². The molecule has 2 aromatic heterocycles. The largest absolute Gasteiger partial charge is 0.496 e. The van der Waals surface area contributed by atoms with E-state index in [9.17, 15) is 0 Å². The molecule has 4 aromatic rings. The maximum Gasteiger partial charge on any atom is 0.180 e. The molecule has 0 spiro atoms. The van der Waals surface area contributed by atoms with Gasteiger partial charge in [-0.05, 0) is 11.6 Å². The van der Waals surface area contributed by atoms with Crippen molar-refractivity contribution in [2.75, 3.05) is 12.4 Å². The average molecular weight is 379 g/mol. The van der Waals surface area contributed by atoms with Crippen LogP contribution in [0, 0.1) is 0 Å². The third-order valence-electron chi connectivity index (χ3n) is 4.42. The van der Waals surface area contributed by atoms with Gasteiger partial charge in [0, 0.05) is 42.1 Å². The van der Waals surface area contributed by atoms with Gasteiger partial charge in [0.2, 0.25) is 0 Å². The molecular weight excluding hydrogens is 360 g/mol. The van der Waals surface area contributed by atoms with Crippen LogP contribution in [0.25, 0.3) is 16.9 Å². The van der Waals surface area contributed by atoms with Crippen LogP contribution in [0.15, 0.2) is 67.1 Å². The molecule has 4 rings (SSSR count). The number of methoxy groups -OCH3 is 1. The average Bonchev–Trinajstić information content (AvgIpc) is 3.21. The second kappa shape index (κ2) is 7.68. The summed E-state index contributed by atoms with van der Waals surface area (Å²) in [6, 6.07) is 16.0. The van der Waals surface area contributed by atoms with Crippen LogP contribution in [0.5, 0.6) is 5.75 Å². The fourth-order valence-corrected chi connectivity index (χ4v) is 3.16. The lowest BCUT2D eigenvalue weighted by molar-refractivity contribution is 0.410. The number of hydrogen-bond donors (Lipinski definition) is 1. The number of ether oxygens (including phenoxy) is 1. The van der Waals surface area contributed by atoms with Gasteiger partial charge in [-0.25, -0.2) is 9.97 Å². The van der Waals surface area contributed by atoms with Crippen molar-refractivity contribution in [2.45, 2.75) is 12.4 Å². The summed E-state index contributed by atoms with van der Waals surface area (Å²) in [6.07, 6.45) is 5.67. The molecule has 0 saturated heterocycles. The molecule has 0 aliphatic carbocycles. The number of halogens is 1. The lowest BCUT2D eigenvalue weighted by Crippen LogP contribution is -2.06. The highest BCUT2D eigenvalue weighted by atomic mass is 35.5. The molecule has 0 amide bonds. The maximum atomic E-state index is 5.89. The Balaban J connectivity index is 1.68. The van der Waals surface area contributed by atoms with Crippen molar-refractivity contribution in [3.05, 3.63) is 78.2 Å². The van der Waals surface area contributed by atoms with E-state index in [1.54, 1.807) is 13.3 Å². The normalized spacial score (nSPS) is 10.9. The monoisotopic (exact) mass is 378 g/mol. The number of benzene rings is 2. The van der Waals surface area contributed by atoms with E-state index in [0.717, 1.165) is 39.6 Å². The number of aromatic nitrogens is 3. The van der Waals surface area contributed by atoms with Gasteiger partial charge in [0.15, 0.2) is 11.5 Å². The maximum absolute atomic E-state index is 5.89. The quantitative estimate of drug-likeness (QED) is 0.492. The molecule has 0 bridgehead atoms. The topological polar surface area (TPSA) is 51.5 Å². The summed E-state index contributed by atoms with van der Waals surface area (Å²) in [5.74, 6) is 2.07. The molecule has 2 aromatic carbocycles. The summed E-state index contributed by atoms with van der Waals surface area (Å²) in [5, 5.41) is 3.40. The number of anilines is 1. The minimum absolute atomic E-state index is 0.500. The fourth-order valence-electron chi connectivity index (χ4n) is 2.98. The molecule has 0 radical (unpaired) electrons. The van der Waals surface area contributed by atoms with Crippen molar-refractivity contribution in [3.8, 4) is 17.0 Å². The molecule has 0 atom stereocenters. The lowest BCUT2D eigenvalue weighted by Gasteiger charge is -2.12. The molecule has 0 fully saturated rings. The minimum Gasteiger partial charge on any atom is -0.496 e. The number of nitrogens with one attached hydrogen (secondary N) is 1. The van der Waals surface area contributed by atoms with Gasteiger partial charge in [-0.1, -0.05) is 42.5 Å². The Morgan fingerprint density at radius 2 is 1.93 bits per heavy atom. The van der Waals surface area contributed by atoms with Crippen LogP contribution in [-0.4, -0.2) is 21.5 Å². The van der Waals surface area contributed by atoms with Gasteiger partial charge in [-0.15, -0.1) is 11.6 Å². The molecule has 0 saturated carbocycles. The van der Waals surface area contributed by atoms with Crippen molar-refractivity contribution in [1.82, 2.24) is 14.4 Å². The number of nitrogens with zero attached hydrogens (tertiary/aromatic N) is 3. The number of rotatable bonds is 6. The number of fused-ring (bicyclic) bond motifs is 1. The zero-order valence-electron chi connectivity index (χ0n) is 14.9. The van der Waals surface area contributed by atoms with Crippen LogP contribution in [0.2, 0.25) is 0 Å². The van der Waals surface area contributed by atoms with Gasteiger partial charge in [-0.2, -0.15) is 0 Å². The Hall–Kier alpha value is -3.05. The Labute approximate surface area is 162 Å². The predicted molar refractivity (Wildman–Crippen MR) is 108 cm³/mol. The van der Waals surface area contributed by atoms with Gasteiger partial charge in [0.1, 0.15) is 5.75 Å². The summed E-state index contributed by atoms with van der Waals surface area (Å²) in [7, 11) is 1.68. The predicted octanol–water partition coefficient (Wildman–Crippen LogP) is 4.76. The van der Waals surface area contributed by atoms with Gasteiger partial charge < -0.3 is 14.5 Å². The smallest absolute Gasteiger partial charge is 0.180 e. The van der Waals surface area contributed by atoms with Crippen molar-refractivity contribution in [3.63, 3.8) is 0 Å². The van der Waals surface area contributed by atoms with Crippen LogP contribution < -0.4 is 10.1 Å². The standard InChI is InChI=1S/C21H19ClN4O/c1-27-19-5-3-2-4-17(19)13-24-20-21-23-10-11-26(21)14-18(25-20)16-8-6-15(12-22)7-9-16/h2-11,14H,12-13H2,1H3,(H,24,25). The highest BCUT2D eigenvalue weighted by Gasteiger charge is 2.10. The van der Waals surface area contributed by atoms with Gasteiger partial charge in [0.05, 0.1) is 12.8 Å². The SMILES string of the molecule is COc1ccccc1CNc1nc(-c2ccc(CCl)cc2)cn2ccnc12. The number of para-hydroxylation sites is 1. The zero-order chi connectivity index (χ0) is 18.6. The van der Waals surface area contributed by atoms with Crippen molar-refractivity contribution >= 4 is 23.1 Å². The first-order valence-electron chi connectivity index (χ1n) is 8.63. The van der Waals surface area contributed by atoms with Crippen LogP contribution in [0.3, 0.4) is 0 Å². The summed E-state index contributed by atoms with van der Waals surface area (Å²) < 4.78 is 7.40. The van der Waals surface area contributed by atoms with E-state index in [0.29, 0.717) is 12.4 Å². The van der Waals surface area contributed by atoms with Crippen molar-refractivity contribution in [2.24, 2.45) is 0 Å². The van der Waals surface area contributed by atoms with Gasteiger partial charge in [-0.3, -0.25) is 0 Å². The Bertz CT molecular complexity index is 1060. The van der Waals surface area contributed by atoms with E-state index in [4.69, 9.17) is 21.3 Å². The molecule has 0 aliphatic heterocycles. The minimum atomic E-state index is 0.500. The van der Waals surface area contributed by atoms with E-state index in [1.807, 2.05) is 65.3 Å². The van der Waals surface area contributed by atoms with Crippen LogP contribution in [-0.2, 0) is 12.4 Å². The second-order valence-corrected chi connectivity index (χ2v) is 6.40. The molecule has 6 heteroatoms. The van der Waals surface area contributed by atoms with Crippen LogP contribution >= 0.6 is 11.6 Å². The fraction of sp³-hybridized carbons (Fsp3) is 0.143. The third kappa shape index (κ3) is 3.59. The lowest BCUT2D eigenvalue weighted by atomic mass is 10.1. The zero-order valence-corrected chi connectivity index (χ0v) is 15.6. The highest BCUT2D eigenvalue weighted by Crippen LogP contribution is 2.24. The van der Waals surface area contributed by atoms with Gasteiger partial charge >= 0.3 is 0 Å². The molecule has 0 aliphatic rings. The first-order valence-corrected chi connectivity index (χ1v) is 9.16. The summed E-state index contributed by atoms with van der Waals surface area (Å²) in [6.45, 7) is 0.591. The first kappa shape index (κ1) is 17.4. The van der Waals surface area contributed by atoms with Crippen molar-refractivity contribution in [1.29, 1.82) is 0 Å². The molecule has 27 heavy (non-hydrogen) atoms. The summed E-state index contributed by atoms with van der Waals surface area (Å²) in [5.41, 5.74) is 4.82. The Morgan fingerprint density at radius 3 is 2.70 bits per heavy atom. The third-order valence-corrected chi connectivity index (χ3v) is 4.73. The van der Waals surface area contributed by atoms with E-state index >= 15 is 0 Å². The molecule has 0 unspecified atom stereocenters. The molecule has 1 N–H and O–H groups in total.